The molecule has 1 aromatic carbocycles. The number of carbonyl (C=O) groups excluding carboxylic acids is 2. The predicted molar refractivity (Wildman–Crippen MR) is 53.7 cm³/mol. The summed E-state index contributed by atoms with van der Waals surface area (Å²) in [5.41, 5.74) is 1.81. The van der Waals surface area contributed by atoms with E-state index >= 15 is 0 Å². The Labute approximate surface area is 82.2 Å². The molecular formula is C12H10O2. The number of ketones is 2. The summed E-state index contributed by atoms with van der Waals surface area (Å²) in [5.74, 6) is -0.0727. The maximum atomic E-state index is 11.2. The van der Waals surface area contributed by atoms with Crippen LogP contribution in [-0.2, 0) is 9.59 Å². The van der Waals surface area contributed by atoms with Crippen molar-refractivity contribution in [1.82, 2.24) is 0 Å². The number of carbonyl (C=O) groups is 2. The Bertz CT molecular complexity index is 402. The highest BCUT2D eigenvalue weighted by molar-refractivity contribution is 6.14. The first-order valence-corrected chi connectivity index (χ1v) is 4.56. The second-order valence-corrected chi connectivity index (χ2v) is 3.39. The summed E-state index contributed by atoms with van der Waals surface area (Å²) in [6.45, 7) is 0. The van der Waals surface area contributed by atoms with Gasteiger partial charge in [0.2, 0.25) is 0 Å². The molecule has 0 unspecified atom stereocenters. The van der Waals surface area contributed by atoms with E-state index in [1.807, 2.05) is 30.3 Å². The van der Waals surface area contributed by atoms with E-state index in [9.17, 15) is 9.59 Å². The quantitative estimate of drug-likeness (QED) is 0.628. The van der Waals surface area contributed by atoms with Crippen LogP contribution in [0.5, 0.6) is 0 Å². The van der Waals surface area contributed by atoms with Gasteiger partial charge in [-0.25, -0.2) is 0 Å². The molecule has 0 heterocycles. The molecule has 0 N–H and O–H groups in total. The number of Topliss-reactive ketones (excluding diaryl/α,β-unsaturated/α-hetero) is 1. The standard InChI is InChI=1S/C12H10O2/c13-11-6-10(7-12(14)8-11)9-4-2-1-3-5-9/h1-6H,7-8H2. The summed E-state index contributed by atoms with van der Waals surface area (Å²) in [6, 6.07) is 9.55. The second kappa shape index (κ2) is 3.58. The minimum absolute atomic E-state index is 0.0105. The fourth-order valence-electron chi connectivity index (χ4n) is 1.60. The van der Waals surface area contributed by atoms with Crippen LogP contribution in [0.1, 0.15) is 18.4 Å². The van der Waals surface area contributed by atoms with E-state index < -0.39 is 0 Å². The summed E-state index contributed by atoms with van der Waals surface area (Å²) in [5, 5.41) is 0. The van der Waals surface area contributed by atoms with Crippen molar-refractivity contribution in [2.24, 2.45) is 0 Å². The number of rotatable bonds is 1. The second-order valence-electron chi connectivity index (χ2n) is 3.39. The van der Waals surface area contributed by atoms with Crippen LogP contribution in [0, 0.1) is 0 Å². The van der Waals surface area contributed by atoms with E-state index in [2.05, 4.69) is 0 Å². The Kier molecular flexibility index (Phi) is 2.27. The lowest BCUT2D eigenvalue weighted by molar-refractivity contribution is -0.124. The maximum Gasteiger partial charge on any atom is 0.163 e. The van der Waals surface area contributed by atoms with Crippen molar-refractivity contribution in [2.45, 2.75) is 12.8 Å². The predicted octanol–water partition coefficient (Wildman–Crippen LogP) is 2.00. The third-order valence-electron chi connectivity index (χ3n) is 2.24. The highest BCUT2D eigenvalue weighted by atomic mass is 16.1. The summed E-state index contributed by atoms with van der Waals surface area (Å²) in [7, 11) is 0. The van der Waals surface area contributed by atoms with Crippen LogP contribution in [0.3, 0.4) is 0 Å². The molecule has 0 saturated carbocycles. The molecule has 1 aromatic rings. The van der Waals surface area contributed by atoms with Crippen LogP contribution < -0.4 is 0 Å². The Morgan fingerprint density at radius 2 is 1.64 bits per heavy atom. The summed E-state index contributed by atoms with van der Waals surface area (Å²) < 4.78 is 0. The van der Waals surface area contributed by atoms with Gasteiger partial charge in [-0.3, -0.25) is 9.59 Å². The van der Waals surface area contributed by atoms with Gasteiger partial charge in [-0.15, -0.1) is 0 Å². The van der Waals surface area contributed by atoms with Crippen LogP contribution in [0.25, 0.3) is 5.57 Å². The van der Waals surface area contributed by atoms with E-state index in [4.69, 9.17) is 0 Å². The summed E-state index contributed by atoms with van der Waals surface area (Å²) in [4.78, 5) is 22.4. The number of benzene rings is 1. The molecule has 0 spiro atoms. The van der Waals surface area contributed by atoms with Crippen LogP contribution in [0.4, 0.5) is 0 Å². The van der Waals surface area contributed by atoms with Gasteiger partial charge in [-0.05, 0) is 17.2 Å². The van der Waals surface area contributed by atoms with Crippen LogP contribution >= 0.6 is 0 Å². The Morgan fingerprint density at radius 1 is 0.929 bits per heavy atom. The van der Waals surface area contributed by atoms with Crippen molar-refractivity contribution < 1.29 is 9.59 Å². The van der Waals surface area contributed by atoms with Gasteiger partial charge in [0.1, 0.15) is 5.78 Å². The average molecular weight is 186 g/mol. The van der Waals surface area contributed by atoms with Crippen molar-refractivity contribution in [2.75, 3.05) is 0 Å². The van der Waals surface area contributed by atoms with Gasteiger partial charge in [0, 0.05) is 6.42 Å². The van der Waals surface area contributed by atoms with E-state index in [-0.39, 0.29) is 18.0 Å². The van der Waals surface area contributed by atoms with Crippen molar-refractivity contribution in [3.05, 3.63) is 42.0 Å². The first-order valence-electron chi connectivity index (χ1n) is 4.56. The molecule has 1 aliphatic rings. The summed E-state index contributed by atoms with van der Waals surface area (Å²) in [6.07, 6.45) is 2.03. The fraction of sp³-hybridized carbons (Fsp3) is 0.167. The number of allylic oxidation sites excluding steroid dienone is 2. The van der Waals surface area contributed by atoms with Gasteiger partial charge in [-0.1, -0.05) is 30.3 Å². The molecule has 2 rings (SSSR count). The molecule has 70 valence electrons. The Hall–Kier alpha value is -1.70. The van der Waals surface area contributed by atoms with E-state index in [1.54, 1.807) is 6.08 Å². The molecular weight excluding hydrogens is 176 g/mol. The maximum absolute atomic E-state index is 11.2. The molecule has 2 heteroatoms. The van der Waals surface area contributed by atoms with Crippen molar-refractivity contribution >= 4 is 17.1 Å². The average Bonchev–Trinajstić information content (AvgIpc) is 2.18. The number of hydrogen-bond acceptors (Lipinski definition) is 2. The molecule has 0 fully saturated rings. The van der Waals surface area contributed by atoms with Gasteiger partial charge in [0.15, 0.2) is 5.78 Å². The van der Waals surface area contributed by atoms with Crippen molar-refractivity contribution in [3.8, 4) is 0 Å². The molecule has 0 radical (unpaired) electrons. The third kappa shape index (κ3) is 1.79. The molecule has 0 atom stereocenters. The minimum Gasteiger partial charge on any atom is -0.299 e. The lowest BCUT2D eigenvalue weighted by Gasteiger charge is -2.10. The van der Waals surface area contributed by atoms with Gasteiger partial charge < -0.3 is 0 Å². The van der Waals surface area contributed by atoms with Gasteiger partial charge >= 0.3 is 0 Å². The molecule has 0 aromatic heterocycles. The fourth-order valence-corrected chi connectivity index (χ4v) is 1.60. The highest BCUT2D eigenvalue weighted by Gasteiger charge is 2.17. The molecule has 0 aliphatic heterocycles. The zero-order valence-corrected chi connectivity index (χ0v) is 7.69. The van der Waals surface area contributed by atoms with Crippen molar-refractivity contribution in [1.29, 1.82) is 0 Å². The molecule has 0 bridgehead atoms. The molecule has 1 aliphatic carbocycles. The Morgan fingerprint density at radius 3 is 2.29 bits per heavy atom. The largest absolute Gasteiger partial charge is 0.299 e. The minimum atomic E-state index is -0.0832. The summed E-state index contributed by atoms with van der Waals surface area (Å²) >= 11 is 0. The zero-order valence-electron chi connectivity index (χ0n) is 7.69. The normalized spacial score (nSPS) is 16.7. The van der Waals surface area contributed by atoms with E-state index in [0.29, 0.717) is 6.42 Å². The zero-order chi connectivity index (χ0) is 9.97. The third-order valence-corrected chi connectivity index (χ3v) is 2.24. The van der Waals surface area contributed by atoms with E-state index in [1.165, 1.54) is 0 Å². The van der Waals surface area contributed by atoms with Crippen molar-refractivity contribution in [3.63, 3.8) is 0 Å². The lowest BCUT2D eigenvalue weighted by Crippen LogP contribution is -2.12. The van der Waals surface area contributed by atoms with Crippen LogP contribution in [0.2, 0.25) is 0 Å². The topological polar surface area (TPSA) is 34.1 Å². The Balaban J connectivity index is 2.35. The molecule has 0 amide bonds. The first kappa shape index (κ1) is 8.88. The van der Waals surface area contributed by atoms with Crippen LogP contribution in [0.15, 0.2) is 36.4 Å². The molecule has 2 nitrogen and oxygen atoms in total. The monoisotopic (exact) mass is 186 g/mol. The number of hydrogen-bond donors (Lipinski definition) is 0. The SMILES string of the molecule is O=C1C=C(c2ccccc2)CC(=O)C1. The molecule has 0 saturated heterocycles. The first-order chi connectivity index (χ1) is 6.75. The smallest absolute Gasteiger partial charge is 0.163 e. The van der Waals surface area contributed by atoms with Gasteiger partial charge in [0.25, 0.3) is 0 Å². The van der Waals surface area contributed by atoms with E-state index in [0.717, 1.165) is 11.1 Å². The van der Waals surface area contributed by atoms with Gasteiger partial charge in [-0.2, -0.15) is 0 Å². The van der Waals surface area contributed by atoms with Gasteiger partial charge in [0.05, 0.1) is 6.42 Å². The lowest BCUT2D eigenvalue weighted by atomic mass is 9.92. The molecule has 14 heavy (non-hydrogen) atoms. The highest BCUT2D eigenvalue weighted by Crippen LogP contribution is 2.22. The van der Waals surface area contributed by atoms with Crippen LogP contribution in [-0.4, -0.2) is 11.6 Å².